The zero-order chi connectivity index (χ0) is 10.9. The molecule has 0 aromatic heterocycles. The van der Waals surface area contributed by atoms with Crippen molar-refractivity contribution in [3.05, 3.63) is 0 Å². The molecule has 9 nitrogen and oxygen atoms in total. The van der Waals surface area contributed by atoms with Gasteiger partial charge < -0.3 is 32.7 Å². The van der Waals surface area contributed by atoms with E-state index in [0.717, 1.165) is 6.92 Å². The lowest BCUT2D eigenvalue weighted by atomic mass is 10.6. The zero-order valence-electron chi connectivity index (χ0n) is 8.33. The first kappa shape index (κ1) is 23.3. The molecule has 0 bridgehead atoms. The fourth-order valence-corrected chi connectivity index (χ4v) is 0.225. The quantitative estimate of drug-likeness (QED) is 0.257. The van der Waals surface area contributed by atoms with E-state index in [2.05, 4.69) is 4.99 Å². The van der Waals surface area contributed by atoms with Crippen LogP contribution in [0.4, 0.5) is 0 Å². The molecule has 9 heteroatoms. The lowest BCUT2D eigenvalue weighted by Crippen LogP contribution is -2.09. The molecule has 0 saturated heterocycles. The van der Waals surface area contributed by atoms with Crippen LogP contribution in [0.25, 0.3) is 0 Å². The van der Waals surface area contributed by atoms with Crippen molar-refractivity contribution in [2.45, 2.75) is 13.2 Å². The molecule has 0 fully saturated rings. The van der Waals surface area contributed by atoms with Crippen molar-refractivity contribution in [1.29, 1.82) is 0 Å². The summed E-state index contributed by atoms with van der Waals surface area (Å²) in [5.41, 5.74) is 0. The van der Waals surface area contributed by atoms with Crippen LogP contribution in [0, 0.1) is 0 Å². The van der Waals surface area contributed by atoms with Gasteiger partial charge in [0.2, 0.25) is 0 Å². The Bertz CT molecular complexity index is 189. The summed E-state index contributed by atoms with van der Waals surface area (Å²) in [6, 6.07) is 0. The molecule has 0 aliphatic heterocycles. The molecule has 0 aliphatic rings. The van der Waals surface area contributed by atoms with E-state index in [-0.39, 0.29) is 18.8 Å². The average molecular weight is 227 g/mol. The minimum Gasteiger partial charge on any atom is -0.481 e. The lowest BCUT2D eigenvalue weighted by molar-refractivity contribution is -0.134. The molecular formula is C6H17N3O6. The number of aliphatic imine (C=N–C) groups is 1. The highest BCUT2D eigenvalue weighted by Crippen LogP contribution is 1.74. The van der Waals surface area contributed by atoms with Gasteiger partial charge in [0.15, 0.2) is 6.29 Å². The molecular weight excluding hydrogens is 210 g/mol. The number of carbonyl (C=O) groups is 2. The summed E-state index contributed by atoms with van der Waals surface area (Å²) in [6.07, 6.45) is -0.958. The Morgan fingerprint density at radius 2 is 1.60 bits per heavy atom. The maximum Gasteiger partial charge on any atom is 0.346 e. The van der Waals surface area contributed by atoms with E-state index in [1.165, 1.54) is 0 Å². The predicted octanol–water partition coefficient (Wildman–Crippen LogP) is -1.13. The van der Waals surface area contributed by atoms with Gasteiger partial charge in [-0.2, -0.15) is 0 Å². The average Bonchev–Trinajstić information content (AvgIpc) is 1.83. The molecule has 0 amide bonds. The van der Waals surface area contributed by atoms with Gasteiger partial charge in [-0.3, -0.25) is 9.79 Å². The van der Waals surface area contributed by atoms with Crippen LogP contribution in [-0.2, 0) is 9.59 Å². The van der Waals surface area contributed by atoms with Crippen LogP contribution in [-0.4, -0.2) is 51.4 Å². The topological polar surface area (TPSA) is 197 Å². The fourth-order valence-electron chi connectivity index (χ4n) is 0.225. The summed E-state index contributed by atoms with van der Waals surface area (Å²) >= 11 is 0. The van der Waals surface area contributed by atoms with E-state index in [1.807, 2.05) is 0 Å². The Morgan fingerprint density at radius 1 is 1.27 bits per heavy atom. The van der Waals surface area contributed by atoms with Crippen LogP contribution < -0.4 is 12.3 Å². The molecule has 0 atom stereocenters. The second-order valence-corrected chi connectivity index (χ2v) is 1.83. The second-order valence-electron chi connectivity index (χ2n) is 1.83. The van der Waals surface area contributed by atoms with Gasteiger partial charge in [0.05, 0.1) is 6.54 Å². The number of rotatable bonds is 3. The van der Waals surface area contributed by atoms with E-state index in [4.69, 9.17) is 25.2 Å². The smallest absolute Gasteiger partial charge is 0.346 e. The van der Waals surface area contributed by atoms with Gasteiger partial charge in [-0.05, 0) is 0 Å². The van der Waals surface area contributed by atoms with E-state index >= 15 is 0 Å². The third kappa shape index (κ3) is 68.7. The lowest BCUT2D eigenvalue weighted by Gasteiger charge is -1.93. The maximum absolute atomic E-state index is 9.67. The molecule has 0 unspecified atom stereocenters. The highest BCUT2D eigenvalue weighted by molar-refractivity contribution is 6.21. The Labute approximate surface area is 86.2 Å². The highest BCUT2D eigenvalue weighted by atomic mass is 16.5. The summed E-state index contributed by atoms with van der Waals surface area (Å²) in [5.74, 6) is -2.03. The molecule has 0 aliphatic carbocycles. The molecule has 0 spiro atoms. The molecule has 92 valence electrons. The molecule has 0 radical (unpaired) electrons. The Morgan fingerprint density at radius 3 is 1.80 bits per heavy atom. The monoisotopic (exact) mass is 227 g/mol. The van der Waals surface area contributed by atoms with Crippen molar-refractivity contribution in [3.8, 4) is 0 Å². The first-order valence-corrected chi connectivity index (χ1v) is 3.14. The fraction of sp³-hybridized carbons (Fsp3) is 0.500. The van der Waals surface area contributed by atoms with Crippen LogP contribution in [0.5, 0.6) is 0 Å². The summed E-state index contributed by atoms with van der Waals surface area (Å²) in [4.78, 5) is 21.8. The molecule has 0 heterocycles. The number of carboxylic acid groups (broad SMARTS) is 2. The molecule has 10 N–H and O–H groups in total. The molecule has 15 heavy (non-hydrogen) atoms. The number of nitrogens with zero attached hydrogens (tertiary/aromatic N) is 1. The van der Waals surface area contributed by atoms with Gasteiger partial charge in [0.1, 0.15) is 6.21 Å². The molecule has 0 rings (SSSR count). The minimum absolute atomic E-state index is 0. The first-order chi connectivity index (χ1) is 5.86. The van der Waals surface area contributed by atoms with Crippen LogP contribution in [0.3, 0.4) is 0 Å². The van der Waals surface area contributed by atoms with Gasteiger partial charge in [-0.1, -0.05) is 0 Å². The van der Waals surface area contributed by atoms with E-state index in [1.54, 1.807) is 0 Å². The first-order valence-electron chi connectivity index (χ1n) is 3.14. The SMILES string of the molecule is CC(=O)O.N.N.O=C(O)C=NCC(O)O. The highest BCUT2D eigenvalue weighted by Gasteiger charge is 1.92. The van der Waals surface area contributed by atoms with Gasteiger partial charge >= 0.3 is 5.97 Å². The standard InChI is InChI=1S/C4H7NO4.C2H4O2.2H3N/c6-3(7)1-5-2-4(8)9;1-2(3)4;;/h1,4,8-9H,2H2,(H,6,7);1H3,(H,3,4);2*1H3. The Balaban J connectivity index is -0.0000000883. The van der Waals surface area contributed by atoms with E-state index < -0.39 is 18.2 Å². The van der Waals surface area contributed by atoms with E-state index in [9.17, 15) is 4.79 Å². The van der Waals surface area contributed by atoms with E-state index in [0.29, 0.717) is 6.21 Å². The van der Waals surface area contributed by atoms with Gasteiger partial charge in [-0.25, -0.2) is 4.79 Å². The molecule has 0 saturated carbocycles. The van der Waals surface area contributed by atoms with Crippen molar-refractivity contribution < 1.29 is 30.0 Å². The van der Waals surface area contributed by atoms with Crippen molar-refractivity contribution in [2.75, 3.05) is 6.54 Å². The molecule has 0 aromatic rings. The number of aliphatic hydroxyl groups excluding tert-OH is 1. The van der Waals surface area contributed by atoms with Crippen molar-refractivity contribution in [2.24, 2.45) is 4.99 Å². The predicted molar refractivity (Wildman–Crippen MR) is 52.6 cm³/mol. The third-order valence-corrected chi connectivity index (χ3v) is 0.470. The Hall–Kier alpha value is -1.55. The summed E-state index contributed by atoms with van der Waals surface area (Å²) in [5, 5.41) is 31.6. The number of carboxylic acids is 2. The number of aliphatic carboxylic acids is 2. The van der Waals surface area contributed by atoms with Gasteiger partial charge in [-0.15, -0.1) is 0 Å². The van der Waals surface area contributed by atoms with Crippen LogP contribution in [0.1, 0.15) is 6.92 Å². The summed E-state index contributed by atoms with van der Waals surface area (Å²) in [6.45, 7) is 0.784. The van der Waals surface area contributed by atoms with Gasteiger partial charge in [0, 0.05) is 6.92 Å². The zero-order valence-corrected chi connectivity index (χ0v) is 8.33. The minimum atomic E-state index is -1.57. The Kier molecular flexibility index (Phi) is 23.3. The number of aliphatic hydroxyl groups is 2. The van der Waals surface area contributed by atoms with Crippen LogP contribution in [0.2, 0.25) is 0 Å². The summed E-state index contributed by atoms with van der Waals surface area (Å²) in [7, 11) is 0. The van der Waals surface area contributed by atoms with Crippen molar-refractivity contribution in [1.82, 2.24) is 12.3 Å². The van der Waals surface area contributed by atoms with Gasteiger partial charge in [0.25, 0.3) is 5.97 Å². The maximum atomic E-state index is 9.67. The van der Waals surface area contributed by atoms with Crippen LogP contribution >= 0.6 is 0 Å². The van der Waals surface area contributed by atoms with Crippen LogP contribution in [0.15, 0.2) is 4.99 Å². The number of hydrogen-bond acceptors (Lipinski definition) is 7. The summed E-state index contributed by atoms with van der Waals surface area (Å²) < 4.78 is 0. The van der Waals surface area contributed by atoms with Crippen molar-refractivity contribution in [3.63, 3.8) is 0 Å². The second kappa shape index (κ2) is 14.9. The normalized spacial score (nSPS) is 8.27. The largest absolute Gasteiger partial charge is 0.481 e. The molecule has 0 aromatic carbocycles. The van der Waals surface area contributed by atoms with Crippen molar-refractivity contribution >= 4 is 18.2 Å². The third-order valence-electron chi connectivity index (χ3n) is 0.470. The number of hydrogen-bond donors (Lipinski definition) is 6.